The monoisotopic (exact) mass is 399 g/mol. The van der Waals surface area contributed by atoms with E-state index in [4.69, 9.17) is 11.6 Å². The van der Waals surface area contributed by atoms with Gasteiger partial charge in [0.25, 0.3) is 0 Å². The van der Waals surface area contributed by atoms with Gasteiger partial charge in [0.1, 0.15) is 0 Å². The van der Waals surface area contributed by atoms with Crippen LogP contribution < -0.4 is 5.43 Å². The molecule has 0 aliphatic carbocycles. The van der Waals surface area contributed by atoms with Crippen molar-refractivity contribution in [1.82, 2.24) is 14.7 Å². The molecule has 1 aromatic rings. The van der Waals surface area contributed by atoms with Crippen LogP contribution in [-0.2, 0) is 14.8 Å². The number of nitrogens with one attached hydrogen (secondary N) is 1. The van der Waals surface area contributed by atoms with Crippen molar-refractivity contribution in [3.8, 4) is 0 Å². The lowest BCUT2D eigenvalue weighted by Gasteiger charge is -2.32. The second kappa shape index (κ2) is 8.69. The number of rotatable bonds is 5. The first-order chi connectivity index (χ1) is 12.4. The molecule has 144 valence electrons. The van der Waals surface area contributed by atoms with Crippen LogP contribution in [0, 0.1) is 5.92 Å². The van der Waals surface area contributed by atoms with Crippen molar-refractivity contribution in [2.45, 2.75) is 43.4 Å². The summed E-state index contributed by atoms with van der Waals surface area (Å²) in [4.78, 5) is 12.6. The van der Waals surface area contributed by atoms with Crippen molar-refractivity contribution >= 4 is 27.5 Å². The maximum Gasteiger partial charge on any atom is 0.243 e. The minimum atomic E-state index is -3.54. The van der Waals surface area contributed by atoms with Crippen LogP contribution in [0.15, 0.2) is 29.2 Å². The Morgan fingerprint density at radius 2 is 1.77 bits per heavy atom. The fourth-order valence-corrected chi connectivity index (χ4v) is 5.34. The SMILES string of the molecule is O=C(CC1CCCN(S(=O)(=O)c2ccc(Cl)cc2)C1)NN1CCCCC1. The number of nitrogens with zero attached hydrogens (tertiary/aromatic N) is 2. The van der Waals surface area contributed by atoms with Crippen molar-refractivity contribution in [3.63, 3.8) is 0 Å². The van der Waals surface area contributed by atoms with Crippen LogP contribution in [-0.4, -0.2) is 49.8 Å². The Bertz CT molecular complexity index is 718. The average Bonchev–Trinajstić information content (AvgIpc) is 2.63. The minimum absolute atomic E-state index is 0.0114. The van der Waals surface area contributed by atoms with Gasteiger partial charge < -0.3 is 0 Å². The summed E-state index contributed by atoms with van der Waals surface area (Å²) in [7, 11) is -3.54. The van der Waals surface area contributed by atoms with Crippen molar-refractivity contribution in [2.75, 3.05) is 26.2 Å². The first-order valence-corrected chi connectivity index (χ1v) is 11.1. The van der Waals surface area contributed by atoms with Crippen molar-refractivity contribution in [2.24, 2.45) is 5.92 Å². The zero-order valence-corrected chi connectivity index (χ0v) is 16.4. The predicted molar refractivity (Wildman–Crippen MR) is 101 cm³/mol. The zero-order chi connectivity index (χ0) is 18.6. The number of carbonyl (C=O) groups is 1. The molecule has 2 heterocycles. The number of carbonyl (C=O) groups excluding carboxylic acids is 1. The Balaban J connectivity index is 1.58. The number of benzene rings is 1. The second-order valence-electron chi connectivity index (χ2n) is 7.11. The number of piperidine rings is 2. The summed E-state index contributed by atoms with van der Waals surface area (Å²) in [5.74, 6) is 0.0401. The molecule has 3 rings (SSSR count). The van der Waals surface area contributed by atoms with Crippen molar-refractivity contribution in [3.05, 3.63) is 29.3 Å². The average molecular weight is 400 g/mol. The van der Waals surface area contributed by atoms with Crippen LogP contribution in [0.1, 0.15) is 38.5 Å². The van der Waals surface area contributed by atoms with Crippen LogP contribution in [0.3, 0.4) is 0 Å². The van der Waals surface area contributed by atoms with E-state index in [2.05, 4.69) is 5.43 Å². The number of hydrogen-bond acceptors (Lipinski definition) is 4. The molecule has 2 aliphatic heterocycles. The molecule has 0 bridgehead atoms. The Morgan fingerprint density at radius 3 is 2.46 bits per heavy atom. The van der Waals surface area contributed by atoms with E-state index >= 15 is 0 Å². The van der Waals surface area contributed by atoms with Gasteiger partial charge in [-0.15, -0.1) is 0 Å². The first kappa shape index (κ1) is 19.6. The molecule has 2 aliphatic rings. The Hall–Kier alpha value is -1.15. The van der Waals surface area contributed by atoms with Gasteiger partial charge in [-0.1, -0.05) is 18.0 Å². The van der Waals surface area contributed by atoms with Crippen LogP contribution in [0.4, 0.5) is 0 Å². The standard InChI is InChI=1S/C18H26ClN3O3S/c19-16-6-8-17(9-7-16)26(24,25)22-12-4-5-15(14-22)13-18(23)20-21-10-2-1-3-11-21/h6-9,15H,1-5,10-14H2,(H,20,23). The topological polar surface area (TPSA) is 69.7 Å². The van der Waals surface area contributed by atoms with E-state index in [9.17, 15) is 13.2 Å². The third kappa shape index (κ3) is 4.97. The second-order valence-corrected chi connectivity index (χ2v) is 9.49. The first-order valence-electron chi connectivity index (χ1n) is 9.25. The van der Waals surface area contributed by atoms with Gasteiger partial charge in [-0.25, -0.2) is 13.4 Å². The maximum atomic E-state index is 12.8. The van der Waals surface area contributed by atoms with Gasteiger partial charge in [-0.05, 0) is 55.9 Å². The summed E-state index contributed by atoms with van der Waals surface area (Å²) in [6.45, 7) is 2.68. The molecule has 0 aromatic heterocycles. The highest BCUT2D eigenvalue weighted by Crippen LogP contribution is 2.26. The number of hydrazine groups is 1. The molecule has 1 aromatic carbocycles. The molecule has 8 heteroatoms. The molecule has 2 saturated heterocycles. The fourth-order valence-electron chi connectivity index (χ4n) is 3.66. The molecule has 0 saturated carbocycles. The highest BCUT2D eigenvalue weighted by molar-refractivity contribution is 7.89. The normalized spacial score (nSPS) is 22.9. The summed E-state index contributed by atoms with van der Waals surface area (Å²) in [6.07, 6.45) is 5.44. The van der Waals surface area contributed by atoms with Gasteiger partial charge in [-0.2, -0.15) is 4.31 Å². The smallest absolute Gasteiger partial charge is 0.243 e. The third-order valence-electron chi connectivity index (χ3n) is 5.05. The fraction of sp³-hybridized carbons (Fsp3) is 0.611. The Labute approximate surface area is 160 Å². The van der Waals surface area contributed by atoms with Crippen molar-refractivity contribution in [1.29, 1.82) is 0 Å². The number of hydrogen-bond donors (Lipinski definition) is 1. The summed E-state index contributed by atoms with van der Waals surface area (Å²) in [6, 6.07) is 6.23. The van der Waals surface area contributed by atoms with E-state index in [1.54, 1.807) is 12.1 Å². The van der Waals surface area contributed by atoms with E-state index < -0.39 is 10.0 Å². The van der Waals surface area contributed by atoms with Gasteiger partial charge in [0.05, 0.1) is 4.90 Å². The lowest BCUT2D eigenvalue weighted by molar-refractivity contribution is -0.127. The van der Waals surface area contributed by atoms with Gasteiger partial charge in [-0.3, -0.25) is 10.2 Å². The molecule has 2 fully saturated rings. The van der Waals surface area contributed by atoms with Crippen LogP contribution in [0.5, 0.6) is 0 Å². The maximum absolute atomic E-state index is 12.8. The predicted octanol–water partition coefficient (Wildman–Crippen LogP) is 2.65. The summed E-state index contributed by atoms with van der Waals surface area (Å²) >= 11 is 5.85. The van der Waals surface area contributed by atoms with E-state index in [0.717, 1.165) is 38.8 Å². The molecular weight excluding hydrogens is 374 g/mol. The highest BCUT2D eigenvalue weighted by atomic mass is 35.5. The third-order valence-corrected chi connectivity index (χ3v) is 7.18. The highest BCUT2D eigenvalue weighted by Gasteiger charge is 2.31. The van der Waals surface area contributed by atoms with E-state index in [1.165, 1.54) is 22.9 Å². The zero-order valence-electron chi connectivity index (χ0n) is 14.9. The molecule has 1 unspecified atom stereocenters. The van der Waals surface area contributed by atoms with Gasteiger partial charge in [0, 0.05) is 37.6 Å². The lowest BCUT2D eigenvalue weighted by atomic mass is 9.96. The van der Waals surface area contributed by atoms with Gasteiger partial charge in [0.2, 0.25) is 15.9 Å². The summed E-state index contributed by atoms with van der Waals surface area (Å²) in [5, 5.41) is 2.49. The molecule has 26 heavy (non-hydrogen) atoms. The van der Waals surface area contributed by atoms with Gasteiger partial charge in [0.15, 0.2) is 0 Å². The van der Waals surface area contributed by atoms with Crippen LogP contribution >= 0.6 is 11.6 Å². The number of sulfonamides is 1. The molecular formula is C18H26ClN3O3S. The quantitative estimate of drug-likeness (QED) is 0.826. The Morgan fingerprint density at radius 1 is 1.08 bits per heavy atom. The summed E-state index contributed by atoms with van der Waals surface area (Å²) < 4.78 is 27.1. The molecule has 6 nitrogen and oxygen atoms in total. The molecule has 0 radical (unpaired) electrons. The summed E-state index contributed by atoms with van der Waals surface area (Å²) in [5.41, 5.74) is 2.97. The lowest BCUT2D eigenvalue weighted by Crippen LogP contribution is -2.47. The van der Waals surface area contributed by atoms with E-state index in [-0.39, 0.29) is 16.7 Å². The van der Waals surface area contributed by atoms with Crippen molar-refractivity contribution < 1.29 is 13.2 Å². The molecule has 1 amide bonds. The minimum Gasteiger partial charge on any atom is -0.289 e. The van der Waals surface area contributed by atoms with E-state index in [0.29, 0.717) is 24.5 Å². The Kier molecular flexibility index (Phi) is 6.55. The van der Waals surface area contributed by atoms with Crippen LogP contribution in [0.25, 0.3) is 0 Å². The van der Waals surface area contributed by atoms with Gasteiger partial charge >= 0.3 is 0 Å². The van der Waals surface area contributed by atoms with E-state index in [1.807, 2.05) is 5.01 Å². The largest absolute Gasteiger partial charge is 0.289 e. The molecule has 1 atom stereocenters. The number of halogens is 1. The van der Waals surface area contributed by atoms with Crippen LogP contribution in [0.2, 0.25) is 5.02 Å². The molecule has 1 N–H and O–H groups in total. The number of amides is 1. The molecule has 0 spiro atoms.